The van der Waals surface area contributed by atoms with E-state index in [1.807, 2.05) is 12.1 Å². The molecule has 0 amide bonds. The lowest BCUT2D eigenvalue weighted by atomic mass is 10.0. The van der Waals surface area contributed by atoms with E-state index in [1.54, 1.807) is 48.7 Å². The highest BCUT2D eigenvalue weighted by atomic mass is 35.5. The third kappa shape index (κ3) is 3.81. The van der Waals surface area contributed by atoms with Gasteiger partial charge < -0.3 is 0 Å². The van der Waals surface area contributed by atoms with Gasteiger partial charge in [0.15, 0.2) is 0 Å². The molecule has 148 valence electrons. The van der Waals surface area contributed by atoms with Crippen molar-refractivity contribution in [3.8, 4) is 5.69 Å². The van der Waals surface area contributed by atoms with Crippen LogP contribution in [0.1, 0.15) is 25.3 Å². The summed E-state index contributed by atoms with van der Waals surface area (Å²) in [7, 11) is -3.81. The zero-order valence-corrected chi connectivity index (χ0v) is 17.3. The number of halogens is 1. The predicted octanol–water partition coefficient (Wildman–Crippen LogP) is 4.39. The summed E-state index contributed by atoms with van der Waals surface area (Å²) in [6, 6.07) is 15.2. The molecule has 0 aliphatic heterocycles. The fourth-order valence-corrected chi connectivity index (χ4v) is 4.19. The maximum absolute atomic E-state index is 13.0. The van der Waals surface area contributed by atoms with Crippen molar-refractivity contribution in [3.05, 3.63) is 71.4 Å². The van der Waals surface area contributed by atoms with E-state index in [2.05, 4.69) is 33.9 Å². The number of fused-ring (bicyclic) bond motifs is 1. The van der Waals surface area contributed by atoms with Crippen LogP contribution in [0.4, 0.5) is 5.69 Å². The van der Waals surface area contributed by atoms with Crippen LogP contribution in [0.25, 0.3) is 16.9 Å². The minimum absolute atomic E-state index is 0.174. The van der Waals surface area contributed by atoms with Crippen LogP contribution in [-0.4, -0.2) is 28.4 Å². The summed E-state index contributed by atoms with van der Waals surface area (Å²) < 4.78 is 30.0. The van der Waals surface area contributed by atoms with Crippen molar-refractivity contribution in [2.24, 2.45) is 0 Å². The van der Waals surface area contributed by atoms with Crippen molar-refractivity contribution >= 4 is 38.5 Å². The van der Waals surface area contributed by atoms with Crippen LogP contribution in [0.5, 0.6) is 0 Å². The van der Waals surface area contributed by atoms with Gasteiger partial charge in [0, 0.05) is 11.2 Å². The minimum atomic E-state index is -3.81. The predicted molar refractivity (Wildman–Crippen MR) is 113 cm³/mol. The first-order valence-corrected chi connectivity index (χ1v) is 10.8. The van der Waals surface area contributed by atoms with Gasteiger partial charge in [-0.05, 0) is 53.9 Å². The second kappa shape index (κ2) is 7.46. The van der Waals surface area contributed by atoms with E-state index in [0.717, 1.165) is 5.56 Å². The highest BCUT2D eigenvalue weighted by Gasteiger charge is 2.19. The summed E-state index contributed by atoms with van der Waals surface area (Å²) in [5.41, 5.74) is 2.94. The van der Waals surface area contributed by atoms with Crippen LogP contribution in [0.15, 0.2) is 65.7 Å². The standard InChI is InChI=1S/C20H18ClN5O2S/c1-13(2)14-5-8-16(9-6-14)29(27,28)24-17-10-7-15(21)12-19(17)26-18-4-3-11-22-20(18)23-25-26/h3-13,24H,1-2H3. The number of sulfonamides is 1. The normalized spacial score (nSPS) is 11.9. The van der Waals surface area contributed by atoms with Crippen molar-refractivity contribution < 1.29 is 8.42 Å². The van der Waals surface area contributed by atoms with E-state index in [-0.39, 0.29) is 4.90 Å². The van der Waals surface area contributed by atoms with Crippen LogP contribution in [-0.2, 0) is 10.0 Å². The molecule has 0 radical (unpaired) electrons. The first kappa shape index (κ1) is 19.4. The van der Waals surface area contributed by atoms with Gasteiger partial charge in [-0.15, -0.1) is 5.10 Å². The number of rotatable bonds is 5. The van der Waals surface area contributed by atoms with Crippen LogP contribution < -0.4 is 4.72 Å². The average Bonchev–Trinajstić information content (AvgIpc) is 3.13. The average molecular weight is 428 g/mol. The number of benzene rings is 2. The van der Waals surface area contributed by atoms with E-state index < -0.39 is 10.0 Å². The first-order chi connectivity index (χ1) is 13.8. The number of pyridine rings is 1. The summed E-state index contributed by atoms with van der Waals surface area (Å²) in [6.45, 7) is 4.11. The maximum atomic E-state index is 13.0. The van der Waals surface area contributed by atoms with Crippen LogP contribution in [0.2, 0.25) is 5.02 Å². The van der Waals surface area contributed by atoms with Gasteiger partial charge in [0.05, 0.1) is 16.3 Å². The number of hydrogen-bond donors (Lipinski definition) is 1. The third-order valence-corrected chi connectivity index (χ3v) is 6.13. The molecule has 0 unspecified atom stereocenters. The fourth-order valence-electron chi connectivity index (χ4n) is 2.95. The highest BCUT2D eigenvalue weighted by Crippen LogP contribution is 2.28. The SMILES string of the molecule is CC(C)c1ccc(S(=O)(=O)Nc2ccc(Cl)cc2-n2nnc3ncccc32)cc1. The fraction of sp³-hybridized carbons (Fsp3) is 0.150. The molecular weight excluding hydrogens is 410 g/mol. The molecule has 0 spiro atoms. The summed E-state index contributed by atoms with van der Waals surface area (Å²) >= 11 is 6.17. The zero-order valence-electron chi connectivity index (χ0n) is 15.7. The molecule has 0 aliphatic rings. The Hall–Kier alpha value is -2.97. The van der Waals surface area contributed by atoms with Crippen LogP contribution in [0, 0.1) is 0 Å². The molecule has 2 aromatic heterocycles. The lowest BCUT2D eigenvalue weighted by molar-refractivity contribution is 0.601. The summed E-state index contributed by atoms with van der Waals surface area (Å²) in [5, 5.41) is 8.58. The lowest BCUT2D eigenvalue weighted by Crippen LogP contribution is -2.15. The molecule has 0 fully saturated rings. The summed E-state index contributed by atoms with van der Waals surface area (Å²) in [5.74, 6) is 0.316. The molecule has 2 aromatic carbocycles. The number of nitrogens with one attached hydrogen (secondary N) is 1. The molecule has 7 nitrogen and oxygen atoms in total. The van der Waals surface area contributed by atoms with Gasteiger partial charge in [0.25, 0.3) is 10.0 Å². The number of anilines is 1. The first-order valence-electron chi connectivity index (χ1n) is 8.94. The Morgan fingerprint density at radius 3 is 2.55 bits per heavy atom. The van der Waals surface area contributed by atoms with E-state index >= 15 is 0 Å². The number of aromatic nitrogens is 4. The lowest BCUT2D eigenvalue weighted by Gasteiger charge is -2.14. The molecule has 0 aliphatic carbocycles. The van der Waals surface area contributed by atoms with E-state index in [1.165, 1.54) is 4.68 Å². The van der Waals surface area contributed by atoms with Crippen molar-refractivity contribution in [3.63, 3.8) is 0 Å². The van der Waals surface area contributed by atoms with Crippen molar-refractivity contribution in [1.82, 2.24) is 20.0 Å². The Balaban J connectivity index is 1.76. The van der Waals surface area contributed by atoms with Gasteiger partial charge in [-0.1, -0.05) is 42.8 Å². The molecule has 0 bridgehead atoms. The Kier molecular flexibility index (Phi) is 4.97. The van der Waals surface area contributed by atoms with E-state index in [9.17, 15) is 8.42 Å². The molecule has 0 saturated carbocycles. The Labute approximate surface area is 173 Å². The van der Waals surface area contributed by atoms with Crippen molar-refractivity contribution in [2.45, 2.75) is 24.7 Å². The van der Waals surface area contributed by atoms with E-state index in [0.29, 0.717) is 33.5 Å². The zero-order chi connectivity index (χ0) is 20.6. The van der Waals surface area contributed by atoms with Gasteiger partial charge in [0.2, 0.25) is 5.65 Å². The monoisotopic (exact) mass is 427 g/mol. The Morgan fingerprint density at radius 1 is 1.07 bits per heavy atom. The molecule has 4 rings (SSSR count). The third-order valence-electron chi connectivity index (χ3n) is 4.51. The topological polar surface area (TPSA) is 89.8 Å². The van der Waals surface area contributed by atoms with Gasteiger partial charge in [0.1, 0.15) is 5.52 Å². The Morgan fingerprint density at radius 2 is 1.83 bits per heavy atom. The largest absolute Gasteiger partial charge is 0.277 e. The highest BCUT2D eigenvalue weighted by molar-refractivity contribution is 7.92. The summed E-state index contributed by atoms with van der Waals surface area (Å²) in [4.78, 5) is 4.33. The molecule has 0 atom stereocenters. The second-order valence-corrected chi connectivity index (χ2v) is 8.96. The molecule has 4 aromatic rings. The smallest absolute Gasteiger partial charge is 0.261 e. The molecular formula is C20H18ClN5O2S. The van der Waals surface area contributed by atoms with E-state index in [4.69, 9.17) is 11.6 Å². The van der Waals surface area contributed by atoms with Crippen LogP contribution >= 0.6 is 11.6 Å². The second-order valence-electron chi connectivity index (χ2n) is 6.84. The van der Waals surface area contributed by atoms with Gasteiger partial charge >= 0.3 is 0 Å². The molecule has 0 saturated heterocycles. The minimum Gasteiger partial charge on any atom is -0.277 e. The molecule has 29 heavy (non-hydrogen) atoms. The summed E-state index contributed by atoms with van der Waals surface area (Å²) in [6.07, 6.45) is 1.61. The molecule has 2 heterocycles. The Bertz CT molecular complexity index is 1280. The van der Waals surface area contributed by atoms with Crippen molar-refractivity contribution in [2.75, 3.05) is 4.72 Å². The number of hydrogen-bond acceptors (Lipinski definition) is 5. The number of nitrogens with zero attached hydrogens (tertiary/aromatic N) is 4. The maximum Gasteiger partial charge on any atom is 0.261 e. The van der Waals surface area contributed by atoms with Crippen LogP contribution in [0.3, 0.4) is 0 Å². The van der Waals surface area contributed by atoms with Gasteiger partial charge in [-0.25, -0.2) is 18.1 Å². The molecule has 1 N–H and O–H groups in total. The molecule has 9 heteroatoms. The quantitative estimate of drug-likeness (QED) is 0.510. The van der Waals surface area contributed by atoms with Gasteiger partial charge in [-0.3, -0.25) is 4.72 Å². The van der Waals surface area contributed by atoms with Crippen molar-refractivity contribution in [1.29, 1.82) is 0 Å². The van der Waals surface area contributed by atoms with Gasteiger partial charge in [-0.2, -0.15) is 0 Å².